The lowest BCUT2D eigenvalue weighted by Gasteiger charge is -2.29. The summed E-state index contributed by atoms with van der Waals surface area (Å²) in [4.78, 5) is 28.4. The topological polar surface area (TPSA) is 60.9 Å². The summed E-state index contributed by atoms with van der Waals surface area (Å²) in [6.45, 7) is 2.33. The van der Waals surface area contributed by atoms with Gasteiger partial charge < -0.3 is 10.0 Å². The number of fused-ring (bicyclic) bond motifs is 1. The van der Waals surface area contributed by atoms with Gasteiger partial charge in [0.25, 0.3) is 0 Å². The molecule has 1 aliphatic heterocycles. The quantitative estimate of drug-likeness (QED) is 0.863. The summed E-state index contributed by atoms with van der Waals surface area (Å²) in [6, 6.07) is 2.08. The molecule has 114 valence electrons. The van der Waals surface area contributed by atoms with E-state index in [4.69, 9.17) is 5.11 Å². The first-order valence-electron chi connectivity index (χ1n) is 7.39. The molecule has 1 N–H and O–H groups in total. The van der Waals surface area contributed by atoms with E-state index in [1.165, 1.54) is 10.4 Å². The summed E-state index contributed by atoms with van der Waals surface area (Å²) in [7, 11) is 0. The Morgan fingerprint density at radius 3 is 2.90 bits per heavy atom. The molecule has 0 bridgehead atoms. The molecule has 0 saturated heterocycles. The summed E-state index contributed by atoms with van der Waals surface area (Å²) in [5, 5.41) is 11.0. The third kappa shape index (κ3) is 3.83. The van der Waals surface area contributed by atoms with E-state index in [2.05, 4.69) is 11.4 Å². The van der Waals surface area contributed by atoms with Crippen molar-refractivity contribution in [1.29, 1.82) is 0 Å². The maximum atomic E-state index is 12.4. The van der Waals surface area contributed by atoms with E-state index in [1.54, 1.807) is 16.2 Å². The zero-order chi connectivity index (χ0) is 14.8. The van der Waals surface area contributed by atoms with E-state index in [9.17, 15) is 9.59 Å². The highest BCUT2D eigenvalue weighted by Crippen LogP contribution is 2.30. The number of carboxylic acids is 1. The molecule has 3 rings (SSSR count). The minimum absolute atomic E-state index is 0.0419. The van der Waals surface area contributed by atoms with E-state index >= 15 is 0 Å². The minimum Gasteiger partial charge on any atom is -0.480 e. The molecule has 1 aromatic rings. The number of amides is 1. The molecule has 21 heavy (non-hydrogen) atoms. The molecule has 5 nitrogen and oxygen atoms in total. The summed E-state index contributed by atoms with van der Waals surface area (Å²) in [5.74, 6) is -0.224. The Morgan fingerprint density at radius 1 is 1.38 bits per heavy atom. The predicted molar refractivity (Wildman–Crippen MR) is 80.2 cm³/mol. The van der Waals surface area contributed by atoms with Gasteiger partial charge in [-0.05, 0) is 42.2 Å². The van der Waals surface area contributed by atoms with Crippen LogP contribution in [0.1, 0.15) is 23.3 Å². The van der Waals surface area contributed by atoms with Crippen LogP contribution in [0, 0.1) is 5.92 Å². The summed E-state index contributed by atoms with van der Waals surface area (Å²) < 4.78 is 0. The van der Waals surface area contributed by atoms with Crippen LogP contribution < -0.4 is 0 Å². The Bertz CT molecular complexity index is 539. The van der Waals surface area contributed by atoms with Gasteiger partial charge in [-0.2, -0.15) is 0 Å². The fourth-order valence-electron chi connectivity index (χ4n) is 2.79. The Kier molecular flexibility index (Phi) is 4.26. The van der Waals surface area contributed by atoms with E-state index in [1.807, 2.05) is 4.90 Å². The number of rotatable bonds is 6. The molecule has 0 aromatic carbocycles. The number of hydrogen-bond donors (Lipinski definition) is 1. The van der Waals surface area contributed by atoms with Crippen molar-refractivity contribution in [2.75, 3.05) is 26.2 Å². The van der Waals surface area contributed by atoms with Crippen molar-refractivity contribution in [3.05, 3.63) is 21.9 Å². The predicted octanol–water partition coefficient (Wildman–Crippen LogP) is 1.43. The first kappa shape index (κ1) is 14.5. The second kappa shape index (κ2) is 6.15. The van der Waals surface area contributed by atoms with Gasteiger partial charge in [0.1, 0.15) is 0 Å². The fraction of sp³-hybridized carbons (Fsp3) is 0.600. The van der Waals surface area contributed by atoms with Gasteiger partial charge in [0, 0.05) is 24.5 Å². The van der Waals surface area contributed by atoms with E-state index < -0.39 is 5.97 Å². The van der Waals surface area contributed by atoms with Crippen molar-refractivity contribution in [2.45, 2.75) is 25.8 Å². The zero-order valence-corrected chi connectivity index (χ0v) is 12.8. The molecule has 1 aliphatic carbocycles. The lowest BCUT2D eigenvalue weighted by atomic mass is 10.1. The average molecular weight is 308 g/mol. The van der Waals surface area contributed by atoms with Crippen molar-refractivity contribution in [2.24, 2.45) is 5.92 Å². The number of carbonyl (C=O) groups excluding carboxylic acids is 1. The highest BCUT2D eigenvalue weighted by molar-refractivity contribution is 7.10. The van der Waals surface area contributed by atoms with Gasteiger partial charge >= 0.3 is 5.97 Å². The van der Waals surface area contributed by atoms with Gasteiger partial charge in [-0.25, -0.2) is 0 Å². The highest BCUT2D eigenvalue weighted by atomic mass is 32.1. The van der Waals surface area contributed by atoms with Gasteiger partial charge in [0.05, 0.1) is 13.1 Å². The van der Waals surface area contributed by atoms with Crippen molar-refractivity contribution in [3.63, 3.8) is 0 Å². The van der Waals surface area contributed by atoms with Crippen LogP contribution in [-0.2, 0) is 22.6 Å². The Hall–Kier alpha value is -1.40. The van der Waals surface area contributed by atoms with E-state index in [0.717, 1.165) is 32.4 Å². The van der Waals surface area contributed by atoms with Crippen molar-refractivity contribution < 1.29 is 14.7 Å². The second-order valence-electron chi connectivity index (χ2n) is 5.94. The molecule has 0 spiro atoms. The highest BCUT2D eigenvalue weighted by Gasteiger charge is 2.28. The van der Waals surface area contributed by atoms with E-state index in [0.29, 0.717) is 12.5 Å². The Balaban J connectivity index is 1.57. The summed E-state index contributed by atoms with van der Waals surface area (Å²) in [6.07, 6.45) is 3.23. The van der Waals surface area contributed by atoms with Crippen LogP contribution in [0.25, 0.3) is 0 Å². The summed E-state index contributed by atoms with van der Waals surface area (Å²) in [5.41, 5.74) is 1.24. The van der Waals surface area contributed by atoms with Gasteiger partial charge in [0.2, 0.25) is 5.91 Å². The monoisotopic (exact) mass is 308 g/mol. The normalized spacial score (nSPS) is 17.9. The summed E-state index contributed by atoms with van der Waals surface area (Å²) >= 11 is 1.75. The number of aliphatic carboxylic acids is 1. The smallest absolute Gasteiger partial charge is 0.317 e. The fourth-order valence-corrected chi connectivity index (χ4v) is 3.68. The van der Waals surface area contributed by atoms with Crippen LogP contribution in [0.4, 0.5) is 0 Å². The molecule has 2 heterocycles. The van der Waals surface area contributed by atoms with Crippen LogP contribution in [-0.4, -0.2) is 53.0 Å². The number of thiophene rings is 1. The van der Waals surface area contributed by atoms with Crippen molar-refractivity contribution >= 4 is 23.2 Å². The maximum Gasteiger partial charge on any atom is 0.317 e. The molecular formula is C15H20N2O3S. The molecule has 6 heteroatoms. The molecule has 0 unspecified atom stereocenters. The molecular weight excluding hydrogens is 288 g/mol. The molecule has 0 radical (unpaired) electrons. The van der Waals surface area contributed by atoms with Gasteiger partial charge in [-0.3, -0.25) is 14.5 Å². The SMILES string of the molecule is O=C(O)CN(CC(=O)N1CCc2sccc2C1)CC1CC1. The van der Waals surface area contributed by atoms with Crippen LogP contribution >= 0.6 is 11.3 Å². The number of carboxylic acid groups (broad SMARTS) is 1. The van der Waals surface area contributed by atoms with Crippen LogP contribution in [0.3, 0.4) is 0 Å². The molecule has 1 amide bonds. The van der Waals surface area contributed by atoms with Crippen LogP contribution in [0.5, 0.6) is 0 Å². The lowest BCUT2D eigenvalue weighted by Crippen LogP contribution is -2.44. The third-order valence-electron chi connectivity index (χ3n) is 4.09. The standard InChI is InChI=1S/C15H20N2O3S/c18-14(9-16(10-15(19)20)7-11-1-2-11)17-5-3-13-12(8-17)4-6-21-13/h4,6,11H,1-3,5,7-10H2,(H,19,20). The first-order chi connectivity index (χ1) is 10.1. The van der Waals surface area contributed by atoms with Gasteiger partial charge in [-0.1, -0.05) is 0 Å². The van der Waals surface area contributed by atoms with Crippen LogP contribution in [0.15, 0.2) is 11.4 Å². The second-order valence-corrected chi connectivity index (χ2v) is 6.94. The van der Waals surface area contributed by atoms with Crippen LogP contribution in [0.2, 0.25) is 0 Å². The van der Waals surface area contributed by atoms with Crippen molar-refractivity contribution in [1.82, 2.24) is 9.80 Å². The minimum atomic E-state index is -0.859. The lowest BCUT2D eigenvalue weighted by molar-refractivity contribution is -0.140. The Morgan fingerprint density at radius 2 is 2.19 bits per heavy atom. The first-order valence-corrected chi connectivity index (χ1v) is 8.27. The number of hydrogen-bond acceptors (Lipinski definition) is 4. The Labute approximate surface area is 128 Å². The largest absolute Gasteiger partial charge is 0.480 e. The maximum absolute atomic E-state index is 12.4. The number of nitrogens with zero attached hydrogens (tertiary/aromatic N) is 2. The average Bonchev–Trinajstić information content (AvgIpc) is 3.12. The van der Waals surface area contributed by atoms with Gasteiger partial charge in [-0.15, -0.1) is 11.3 Å². The molecule has 1 aromatic heterocycles. The van der Waals surface area contributed by atoms with Crippen molar-refractivity contribution in [3.8, 4) is 0 Å². The number of carbonyl (C=O) groups is 2. The zero-order valence-electron chi connectivity index (χ0n) is 12.0. The molecule has 1 saturated carbocycles. The molecule has 2 aliphatic rings. The van der Waals surface area contributed by atoms with E-state index in [-0.39, 0.29) is 19.0 Å². The third-order valence-corrected chi connectivity index (χ3v) is 5.11. The van der Waals surface area contributed by atoms with Gasteiger partial charge in [0.15, 0.2) is 0 Å². The molecule has 1 fully saturated rings. The molecule has 0 atom stereocenters.